The van der Waals surface area contributed by atoms with E-state index in [9.17, 15) is 9.59 Å². The molecule has 1 aliphatic carbocycles. The van der Waals surface area contributed by atoms with E-state index in [1.165, 1.54) is 12.8 Å². The van der Waals surface area contributed by atoms with Crippen LogP contribution in [-0.4, -0.2) is 74.1 Å². The molecule has 1 unspecified atom stereocenters. The molecule has 0 aromatic heterocycles. The van der Waals surface area contributed by atoms with E-state index in [-0.39, 0.29) is 17.9 Å². The van der Waals surface area contributed by atoms with Crippen molar-refractivity contribution in [3.05, 3.63) is 0 Å². The second-order valence-corrected chi connectivity index (χ2v) is 6.54. The van der Waals surface area contributed by atoms with Crippen LogP contribution in [0.15, 0.2) is 0 Å². The number of nitrogens with one attached hydrogen (secondary N) is 1. The van der Waals surface area contributed by atoms with Gasteiger partial charge in [0.25, 0.3) is 0 Å². The molecular formula is C17H31N3O3. The third kappa shape index (κ3) is 4.91. The maximum Gasteiger partial charge on any atom is 0.237 e. The lowest BCUT2D eigenvalue weighted by atomic mass is 9.95. The van der Waals surface area contributed by atoms with Crippen molar-refractivity contribution in [3.8, 4) is 0 Å². The summed E-state index contributed by atoms with van der Waals surface area (Å²) in [4.78, 5) is 28.7. The van der Waals surface area contributed by atoms with E-state index < -0.39 is 0 Å². The van der Waals surface area contributed by atoms with Crippen molar-refractivity contribution in [2.24, 2.45) is 5.92 Å². The molecule has 0 radical (unpaired) electrons. The van der Waals surface area contributed by atoms with Gasteiger partial charge in [-0.25, -0.2) is 0 Å². The van der Waals surface area contributed by atoms with Crippen LogP contribution in [0, 0.1) is 5.92 Å². The summed E-state index contributed by atoms with van der Waals surface area (Å²) in [5.41, 5.74) is 0. The van der Waals surface area contributed by atoms with Gasteiger partial charge in [-0.05, 0) is 18.8 Å². The topological polar surface area (TPSA) is 61.9 Å². The summed E-state index contributed by atoms with van der Waals surface area (Å²) in [6.07, 6.45) is 5.28. The Hall–Kier alpha value is -1.14. The minimum absolute atomic E-state index is 0.0479. The van der Waals surface area contributed by atoms with E-state index in [1.807, 2.05) is 11.8 Å². The largest absolute Gasteiger partial charge is 0.383 e. The molecule has 1 saturated carbocycles. The van der Waals surface area contributed by atoms with Crippen molar-refractivity contribution in [1.29, 1.82) is 0 Å². The maximum absolute atomic E-state index is 12.7. The number of hydrogen-bond acceptors (Lipinski definition) is 4. The lowest BCUT2D eigenvalue weighted by Crippen LogP contribution is -2.58. The number of piperazine rings is 1. The van der Waals surface area contributed by atoms with Crippen molar-refractivity contribution < 1.29 is 14.3 Å². The highest BCUT2D eigenvalue weighted by Gasteiger charge is 2.36. The molecule has 2 fully saturated rings. The Morgan fingerprint density at radius 2 is 1.83 bits per heavy atom. The Morgan fingerprint density at radius 1 is 1.17 bits per heavy atom. The molecule has 0 spiro atoms. The van der Waals surface area contributed by atoms with E-state index in [1.54, 1.807) is 7.11 Å². The van der Waals surface area contributed by atoms with Gasteiger partial charge < -0.3 is 15.0 Å². The van der Waals surface area contributed by atoms with Gasteiger partial charge in [0, 0.05) is 46.3 Å². The van der Waals surface area contributed by atoms with Crippen LogP contribution in [-0.2, 0) is 14.3 Å². The molecule has 1 aliphatic heterocycles. The Morgan fingerprint density at radius 3 is 2.39 bits per heavy atom. The first-order valence-corrected chi connectivity index (χ1v) is 8.95. The summed E-state index contributed by atoms with van der Waals surface area (Å²) in [6.45, 7) is 6.08. The second-order valence-electron chi connectivity index (χ2n) is 6.54. The zero-order valence-corrected chi connectivity index (χ0v) is 14.6. The molecule has 2 amide bonds. The fourth-order valence-electron chi connectivity index (χ4n) is 3.81. The monoisotopic (exact) mass is 325 g/mol. The lowest BCUT2D eigenvalue weighted by molar-refractivity contribution is -0.135. The fraction of sp³-hybridized carbons (Fsp3) is 0.882. The summed E-state index contributed by atoms with van der Waals surface area (Å²) in [5.74, 6) is 0.793. The number of methoxy groups -OCH3 is 1. The molecule has 0 bridgehead atoms. The van der Waals surface area contributed by atoms with Gasteiger partial charge in [0.2, 0.25) is 11.8 Å². The smallest absolute Gasteiger partial charge is 0.237 e. The number of hydrogen-bond donors (Lipinski definition) is 1. The van der Waals surface area contributed by atoms with Gasteiger partial charge in [-0.2, -0.15) is 0 Å². The predicted octanol–water partition coefficient (Wildman–Crippen LogP) is 0.862. The third-order valence-electron chi connectivity index (χ3n) is 5.08. The van der Waals surface area contributed by atoms with Gasteiger partial charge in [-0.1, -0.05) is 19.8 Å². The van der Waals surface area contributed by atoms with Crippen LogP contribution in [0.25, 0.3) is 0 Å². The van der Waals surface area contributed by atoms with Gasteiger partial charge >= 0.3 is 0 Å². The van der Waals surface area contributed by atoms with Crippen LogP contribution in [0.5, 0.6) is 0 Å². The highest BCUT2D eigenvalue weighted by molar-refractivity contribution is 5.82. The first-order chi connectivity index (χ1) is 11.2. The van der Waals surface area contributed by atoms with Crippen LogP contribution < -0.4 is 5.32 Å². The minimum Gasteiger partial charge on any atom is -0.383 e. The Kier molecular flexibility index (Phi) is 7.30. The number of carbonyl (C=O) groups excluding carboxylic acids is 2. The average Bonchev–Trinajstić information content (AvgIpc) is 3.09. The average molecular weight is 325 g/mol. The first-order valence-electron chi connectivity index (χ1n) is 8.95. The quantitative estimate of drug-likeness (QED) is 0.705. The molecule has 6 nitrogen and oxygen atoms in total. The van der Waals surface area contributed by atoms with E-state index >= 15 is 0 Å². The highest BCUT2D eigenvalue weighted by atomic mass is 16.5. The van der Waals surface area contributed by atoms with Crippen molar-refractivity contribution in [2.75, 3.05) is 46.4 Å². The maximum atomic E-state index is 12.7. The number of amides is 2. The zero-order chi connectivity index (χ0) is 16.7. The van der Waals surface area contributed by atoms with Gasteiger partial charge in [0.15, 0.2) is 0 Å². The molecule has 1 N–H and O–H groups in total. The van der Waals surface area contributed by atoms with Crippen molar-refractivity contribution in [3.63, 3.8) is 0 Å². The summed E-state index contributed by atoms with van der Waals surface area (Å²) in [6, 6.07) is -0.0479. The van der Waals surface area contributed by atoms with Crippen LogP contribution in [0.3, 0.4) is 0 Å². The normalized spacial score (nSPS) is 21.4. The molecule has 2 rings (SSSR count). The summed E-state index contributed by atoms with van der Waals surface area (Å²) < 4.78 is 5.02. The third-order valence-corrected chi connectivity index (χ3v) is 5.08. The Bertz CT molecular complexity index is 389. The molecule has 1 atom stereocenters. The summed E-state index contributed by atoms with van der Waals surface area (Å²) in [7, 11) is 1.64. The zero-order valence-electron chi connectivity index (χ0n) is 14.6. The molecule has 0 aromatic rings. The number of rotatable bonds is 7. The van der Waals surface area contributed by atoms with Gasteiger partial charge in [-0.3, -0.25) is 14.5 Å². The Labute approximate surface area is 139 Å². The second kappa shape index (κ2) is 9.23. The molecule has 132 valence electrons. The van der Waals surface area contributed by atoms with Crippen LogP contribution in [0.4, 0.5) is 0 Å². The van der Waals surface area contributed by atoms with Crippen molar-refractivity contribution in [2.45, 2.75) is 45.1 Å². The molecule has 1 heterocycles. The molecule has 6 heteroatoms. The minimum atomic E-state index is -0.0479. The van der Waals surface area contributed by atoms with Gasteiger partial charge in [0.05, 0.1) is 12.6 Å². The van der Waals surface area contributed by atoms with E-state index in [0.717, 1.165) is 39.0 Å². The SMILES string of the molecule is CCC(=O)N1CCN(C(C(=O)NCCOC)C2CCCC2)CC1. The standard InChI is InChI=1S/C17H31N3O3/c1-3-15(21)19-9-11-20(12-10-19)16(14-6-4-5-7-14)17(22)18-8-13-23-2/h14,16H,3-13H2,1-2H3,(H,18,22). The van der Waals surface area contributed by atoms with Crippen LogP contribution in [0.1, 0.15) is 39.0 Å². The Balaban J connectivity index is 1.94. The molecular weight excluding hydrogens is 294 g/mol. The first kappa shape index (κ1) is 18.2. The van der Waals surface area contributed by atoms with E-state index in [4.69, 9.17) is 4.74 Å². The summed E-state index contributed by atoms with van der Waals surface area (Å²) >= 11 is 0. The fourth-order valence-corrected chi connectivity index (χ4v) is 3.81. The van der Waals surface area contributed by atoms with Crippen LogP contribution >= 0.6 is 0 Å². The highest BCUT2D eigenvalue weighted by Crippen LogP contribution is 2.31. The lowest BCUT2D eigenvalue weighted by Gasteiger charge is -2.40. The summed E-state index contributed by atoms with van der Waals surface area (Å²) in [5, 5.41) is 3.02. The number of nitrogens with zero attached hydrogens (tertiary/aromatic N) is 2. The number of ether oxygens (including phenoxy) is 1. The number of carbonyl (C=O) groups is 2. The van der Waals surface area contributed by atoms with Crippen molar-refractivity contribution >= 4 is 11.8 Å². The molecule has 23 heavy (non-hydrogen) atoms. The van der Waals surface area contributed by atoms with Gasteiger partial charge in [0.1, 0.15) is 0 Å². The molecule has 2 aliphatic rings. The van der Waals surface area contributed by atoms with E-state index in [2.05, 4.69) is 10.2 Å². The van der Waals surface area contributed by atoms with E-state index in [0.29, 0.717) is 25.5 Å². The molecule has 1 saturated heterocycles. The molecule has 0 aromatic carbocycles. The van der Waals surface area contributed by atoms with Crippen molar-refractivity contribution in [1.82, 2.24) is 15.1 Å². The van der Waals surface area contributed by atoms with Crippen LogP contribution in [0.2, 0.25) is 0 Å². The predicted molar refractivity (Wildman–Crippen MR) is 89.1 cm³/mol. The van der Waals surface area contributed by atoms with Gasteiger partial charge in [-0.15, -0.1) is 0 Å².